The third-order valence-corrected chi connectivity index (χ3v) is 12.9. The van der Waals surface area contributed by atoms with Crippen LogP contribution in [0.15, 0.2) is 108 Å². The van der Waals surface area contributed by atoms with Crippen LogP contribution in [0.1, 0.15) is 5.89 Å². The predicted octanol–water partition coefficient (Wildman–Crippen LogP) is 6.29. The fraction of sp³-hybridized carbons (Fsp3) is 0.0385. The summed E-state index contributed by atoms with van der Waals surface area (Å²) in [5.74, 6) is -4.81. The van der Waals surface area contributed by atoms with Crippen LogP contribution in [0, 0.1) is 11.6 Å². The van der Waals surface area contributed by atoms with Gasteiger partial charge in [-0.25, -0.2) is 0 Å². The fourth-order valence-electron chi connectivity index (χ4n) is 4.25. The topological polar surface area (TPSA) is 26.0 Å². The van der Waals surface area contributed by atoms with Gasteiger partial charge in [-0.05, 0) is 0 Å². The Morgan fingerprint density at radius 2 is 1.09 bits per heavy atom. The first-order chi connectivity index (χ1) is 15.5. The quantitative estimate of drug-likeness (QED) is 0.285. The first-order valence-electron chi connectivity index (χ1n) is 10.1. The van der Waals surface area contributed by atoms with E-state index in [4.69, 9.17) is 15.7 Å². The van der Waals surface area contributed by atoms with Crippen LogP contribution >= 0.6 is 17.2 Å². The summed E-state index contributed by atoms with van der Waals surface area (Å²) in [6.07, 6.45) is 0.165. The molecule has 1 heterocycles. The zero-order chi connectivity index (χ0) is 22.2. The molecule has 0 amide bonds. The van der Waals surface area contributed by atoms with Crippen LogP contribution in [-0.4, -0.2) is 4.98 Å². The number of aromatic nitrogens is 1. The van der Waals surface area contributed by atoms with Gasteiger partial charge in [0.25, 0.3) is 0 Å². The molecule has 0 saturated heterocycles. The standard InChI is InChI=1S/C26H19ClF2NOP/c27-32(19-10-4-1-5-11-19,20-12-6-2-7-13-20,21-14-8-3-9-15-21)18-24-30-25-22(28)16-17-23(29)26(25)31-24/h1-17H,18H2. The average molecular weight is 466 g/mol. The van der Waals surface area contributed by atoms with E-state index in [0.717, 1.165) is 28.0 Å². The van der Waals surface area contributed by atoms with Crippen LogP contribution < -0.4 is 15.9 Å². The molecule has 0 aliphatic heterocycles. The molecule has 160 valence electrons. The average Bonchev–Trinajstić information content (AvgIpc) is 3.28. The van der Waals surface area contributed by atoms with Gasteiger partial charge in [-0.1, -0.05) is 0 Å². The van der Waals surface area contributed by atoms with Crippen molar-refractivity contribution in [2.45, 2.75) is 6.16 Å². The molecule has 32 heavy (non-hydrogen) atoms. The first kappa shape index (κ1) is 20.8. The van der Waals surface area contributed by atoms with Gasteiger partial charge in [-0.3, -0.25) is 0 Å². The molecule has 5 rings (SSSR count). The van der Waals surface area contributed by atoms with Crippen LogP contribution in [0.5, 0.6) is 0 Å². The van der Waals surface area contributed by atoms with Gasteiger partial charge in [-0.15, -0.1) is 0 Å². The maximum atomic E-state index is 14.4. The van der Waals surface area contributed by atoms with Crippen molar-refractivity contribution in [1.82, 2.24) is 4.98 Å². The summed E-state index contributed by atoms with van der Waals surface area (Å²) in [5, 5.41) is 2.75. The number of benzene rings is 4. The summed E-state index contributed by atoms with van der Waals surface area (Å²) in [4.78, 5) is 4.35. The summed E-state index contributed by atoms with van der Waals surface area (Å²) in [7, 11) is 0. The molecule has 0 bridgehead atoms. The maximum absolute atomic E-state index is 14.4. The van der Waals surface area contributed by atoms with E-state index in [1.807, 2.05) is 91.0 Å². The van der Waals surface area contributed by atoms with Crippen molar-refractivity contribution in [3.8, 4) is 0 Å². The van der Waals surface area contributed by atoms with E-state index in [1.54, 1.807) is 0 Å². The van der Waals surface area contributed by atoms with Crippen LogP contribution in [0.3, 0.4) is 0 Å². The van der Waals surface area contributed by atoms with E-state index in [0.29, 0.717) is 0 Å². The van der Waals surface area contributed by atoms with Crippen molar-refractivity contribution in [2.75, 3.05) is 0 Å². The Morgan fingerprint density at radius 3 is 1.53 bits per heavy atom. The molecule has 2 nitrogen and oxygen atoms in total. The third-order valence-electron chi connectivity index (χ3n) is 5.81. The molecule has 0 radical (unpaired) electrons. The van der Waals surface area contributed by atoms with E-state index in [9.17, 15) is 8.78 Å². The second-order valence-electron chi connectivity index (χ2n) is 7.66. The van der Waals surface area contributed by atoms with Gasteiger partial charge >= 0.3 is 189 Å². The van der Waals surface area contributed by atoms with Crippen LogP contribution in [-0.2, 0) is 6.16 Å². The SMILES string of the molecule is Fc1ccc(F)c2oc(CP(Cl)(c3ccccc3)(c3ccccc3)c3ccccc3)nc12. The molecule has 6 heteroatoms. The zero-order valence-corrected chi connectivity index (χ0v) is 18.6. The minimum absolute atomic E-state index is 0.129. The fourth-order valence-corrected chi connectivity index (χ4v) is 10.0. The van der Waals surface area contributed by atoms with E-state index < -0.39 is 17.6 Å². The Labute approximate surface area is 189 Å². The Kier molecular flexibility index (Phi) is 5.08. The van der Waals surface area contributed by atoms with Gasteiger partial charge in [0.2, 0.25) is 0 Å². The van der Waals surface area contributed by atoms with E-state index >= 15 is 0 Å². The van der Waals surface area contributed by atoms with Crippen molar-refractivity contribution in [1.29, 1.82) is 0 Å². The Morgan fingerprint density at radius 1 is 0.656 bits per heavy atom. The van der Waals surface area contributed by atoms with Crippen LogP contribution in [0.4, 0.5) is 8.78 Å². The van der Waals surface area contributed by atoms with Gasteiger partial charge in [-0.2, -0.15) is 0 Å². The molecule has 0 aliphatic carbocycles. The molecular weight excluding hydrogens is 447 g/mol. The van der Waals surface area contributed by atoms with Crippen LogP contribution in [0.25, 0.3) is 11.1 Å². The van der Waals surface area contributed by atoms with E-state index in [1.165, 1.54) is 0 Å². The number of hydrogen-bond acceptors (Lipinski definition) is 2. The number of oxazole rings is 1. The van der Waals surface area contributed by atoms with E-state index in [-0.39, 0.29) is 23.2 Å². The number of fused-ring (bicyclic) bond motifs is 1. The molecule has 0 saturated carbocycles. The first-order valence-corrected chi connectivity index (χ1v) is 13.5. The van der Waals surface area contributed by atoms with Crippen molar-refractivity contribution in [3.63, 3.8) is 0 Å². The normalized spacial score (nSPS) is 13.0. The monoisotopic (exact) mass is 465 g/mol. The third kappa shape index (κ3) is 3.14. The van der Waals surface area contributed by atoms with Crippen molar-refractivity contribution >= 4 is 44.2 Å². The Hall–Kier alpha value is -3.07. The Balaban J connectivity index is 1.85. The predicted molar refractivity (Wildman–Crippen MR) is 129 cm³/mol. The summed E-state index contributed by atoms with van der Waals surface area (Å²) in [6, 6.07) is 31.5. The van der Waals surface area contributed by atoms with Crippen molar-refractivity contribution in [3.05, 3.63) is 121 Å². The van der Waals surface area contributed by atoms with Crippen molar-refractivity contribution < 1.29 is 13.2 Å². The molecule has 0 N–H and O–H groups in total. The van der Waals surface area contributed by atoms with Gasteiger partial charge in [0.15, 0.2) is 0 Å². The number of nitrogens with zero attached hydrogens (tertiary/aromatic N) is 1. The second kappa shape index (κ2) is 7.81. The zero-order valence-electron chi connectivity index (χ0n) is 17.0. The van der Waals surface area contributed by atoms with Crippen molar-refractivity contribution in [2.24, 2.45) is 0 Å². The van der Waals surface area contributed by atoms with E-state index in [2.05, 4.69) is 4.98 Å². The van der Waals surface area contributed by atoms with Gasteiger partial charge < -0.3 is 0 Å². The van der Waals surface area contributed by atoms with Gasteiger partial charge in [0.1, 0.15) is 0 Å². The molecule has 0 atom stereocenters. The van der Waals surface area contributed by atoms with Gasteiger partial charge in [0.05, 0.1) is 0 Å². The molecule has 0 aliphatic rings. The molecular formula is C26H19ClF2NOP. The number of rotatable bonds is 5. The molecule has 1 aromatic heterocycles. The summed E-state index contributed by atoms with van der Waals surface area (Å²) >= 11 is 7.96. The molecule has 4 aromatic carbocycles. The molecule has 0 unspecified atom stereocenters. The summed E-state index contributed by atoms with van der Waals surface area (Å²) in [6.45, 7) is 0. The minimum atomic E-state index is -3.71. The molecule has 5 aromatic rings. The Bertz CT molecular complexity index is 1250. The van der Waals surface area contributed by atoms with Gasteiger partial charge in [0, 0.05) is 0 Å². The second-order valence-corrected chi connectivity index (χ2v) is 14.1. The summed E-state index contributed by atoms with van der Waals surface area (Å²) < 4.78 is 34.5. The number of halogens is 3. The molecule has 0 fully saturated rings. The molecule has 0 spiro atoms. The number of hydrogen-bond donors (Lipinski definition) is 0. The summed E-state index contributed by atoms with van der Waals surface area (Å²) in [5.41, 5.74) is -0.327. The van der Waals surface area contributed by atoms with Crippen LogP contribution in [0.2, 0.25) is 0 Å².